The van der Waals surface area contributed by atoms with Gasteiger partial charge < -0.3 is 15.4 Å². The first-order chi connectivity index (χ1) is 14.2. The number of nitrogens with two attached hydrogens (primary N) is 1. The van der Waals surface area contributed by atoms with Crippen LogP contribution in [0.3, 0.4) is 0 Å². The van der Waals surface area contributed by atoms with Crippen molar-refractivity contribution in [3.63, 3.8) is 0 Å². The van der Waals surface area contributed by atoms with Crippen molar-refractivity contribution in [3.8, 4) is 11.5 Å². The number of fused-ring (bicyclic) bond motifs is 1. The molecule has 3 rings (SSSR count). The molecule has 7 heteroatoms. The van der Waals surface area contributed by atoms with Crippen LogP contribution >= 0.6 is 0 Å². The van der Waals surface area contributed by atoms with Gasteiger partial charge in [-0.25, -0.2) is 0 Å². The molecular formula is C23H23F3N2O2. The fourth-order valence-corrected chi connectivity index (χ4v) is 3.15. The summed E-state index contributed by atoms with van der Waals surface area (Å²) in [6.45, 7) is 2.45. The molecule has 0 saturated heterocycles. The third kappa shape index (κ3) is 4.74. The summed E-state index contributed by atoms with van der Waals surface area (Å²) in [5.41, 5.74) is 5.39. The van der Waals surface area contributed by atoms with Crippen molar-refractivity contribution in [3.05, 3.63) is 71.8 Å². The molecule has 0 unspecified atom stereocenters. The van der Waals surface area contributed by atoms with Crippen molar-refractivity contribution in [2.75, 3.05) is 13.6 Å². The maximum absolute atomic E-state index is 12.8. The summed E-state index contributed by atoms with van der Waals surface area (Å²) in [7, 11) is 1.75. The highest BCUT2D eigenvalue weighted by molar-refractivity contribution is 6.00. The molecule has 0 saturated carbocycles. The molecule has 0 fully saturated rings. The van der Waals surface area contributed by atoms with Crippen LogP contribution in [0.4, 0.5) is 13.2 Å². The lowest BCUT2D eigenvalue weighted by Crippen LogP contribution is -2.36. The molecule has 0 bridgehead atoms. The molecule has 0 aliphatic carbocycles. The van der Waals surface area contributed by atoms with E-state index in [0.717, 1.165) is 22.9 Å². The van der Waals surface area contributed by atoms with Gasteiger partial charge in [0.1, 0.15) is 11.5 Å². The summed E-state index contributed by atoms with van der Waals surface area (Å²) in [4.78, 5) is 14.4. The zero-order valence-electron chi connectivity index (χ0n) is 16.7. The fourth-order valence-electron chi connectivity index (χ4n) is 3.15. The van der Waals surface area contributed by atoms with Gasteiger partial charge in [-0.3, -0.25) is 4.79 Å². The molecule has 0 aliphatic heterocycles. The highest BCUT2D eigenvalue weighted by Gasteiger charge is 2.30. The summed E-state index contributed by atoms with van der Waals surface area (Å²) in [5.74, 6) is 0.689. The van der Waals surface area contributed by atoms with Crippen LogP contribution in [0.25, 0.3) is 10.8 Å². The minimum atomic E-state index is -4.39. The first-order valence-corrected chi connectivity index (χ1v) is 9.56. The normalized spacial score (nSPS) is 12.6. The van der Waals surface area contributed by atoms with Crippen molar-refractivity contribution in [2.45, 2.75) is 25.6 Å². The number of hydrogen-bond acceptors (Lipinski definition) is 3. The first-order valence-electron chi connectivity index (χ1n) is 9.56. The number of carbonyl (C=O) groups excluding carboxylic acids is 1. The molecule has 30 heavy (non-hydrogen) atoms. The van der Waals surface area contributed by atoms with E-state index in [0.29, 0.717) is 30.0 Å². The summed E-state index contributed by atoms with van der Waals surface area (Å²) in [6.07, 6.45) is -3.68. The number of alkyl halides is 3. The number of nitrogens with zero attached hydrogens (tertiary/aromatic N) is 1. The summed E-state index contributed by atoms with van der Waals surface area (Å²) < 4.78 is 44.0. The van der Waals surface area contributed by atoms with Gasteiger partial charge in [-0.15, -0.1) is 0 Å². The number of amides is 1. The second-order valence-electron chi connectivity index (χ2n) is 7.16. The van der Waals surface area contributed by atoms with E-state index in [1.165, 1.54) is 12.1 Å². The minimum absolute atomic E-state index is 0.0209. The number of rotatable bonds is 6. The Morgan fingerprint density at radius 3 is 2.43 bits per heavy atom. The molecule has 2 N–H and O–H groups in total. The number of ether oxygens (including phenoxy) is 1. The van der Waals surface area contributed by atoms with Gasteiger partial charge >= 0.3 is 6.18 Å². The highest BCUT2D eigenvalue weighted by atomic mass is 19.4. The number of halogens is 3. The van der Waals surface area contributed by atoms with Crippen molar-refractivity contribution in [1.82, 2.24) is 4.90 Å². The van der Waals surface area contributed by atoms with Gasteiger partial charge in [0, 0.05) is 24.0 Å². The Morgan fingerprint density at radius 2 is 1.80 bits per heavy atom. The standard InChI is InChI=1S/C23H23F3N2O2/c1-15(12-13-27)28(2)22(29)17-6-11-20-16(14-17)4-3-5-21(20)30-19-9-7-18(8-10-19)23(24,25)26/h3-11,14-15H,12-13,27H2,1-2H3/t15-/m1/s1. The van der Waals surface area contributed by atoms with E-state index >= 15 is 0 Å². The smallest absolute Gasteiger partial charge is 0.416 e. The number of benzene rings is 3. The Morgan fingerprint density at radius 1 is 1.10 bits per heavy atom. The van der Waals surface area contributed by atoms with Crippen LogP contribution in [0.15, 0.2) is 60.7 Å². The van der Waals surface area contributed by atoms with Crippen LogP contribution in [0.5, 0.6) is 11.5 Å². The maximum Gasteiger partial charge on any atom is 0.416 e. The Labute approximate surface area is 173 Å². The van der Waals surface area contributed by atoms with E-state index in [1.54, 1.807) is 42.3 Å². The molecular weight excluding hydrogens is 393 g/mol. The molecule has 0 aliphatic rings. The lowest BCUT2D eigenvalue weighted by atomic mass is 10.0. The van der Waals surface area contributed by atoms with Crippen molar-refractivity contribution >= 4 is 16.7 Å². The molecule has 0 heterocycles. The van der Waals surface area contributed by atoms with Crippen LogP contribution in [0.2, 0.25) is 0 Å². The van der Waals surface area contributed by atoms with Crippen LogP contribution in [0, 0.1) is 0 Å². The predicted molar refractivity (Wildman–Crippen MR) is 111 cm³/mol. The Kier molecular flexibility index (Phi) is 6.31. The van der Waals surface area contributed by atoms with E-state index in [-0.39, 0.29) is 11.9 Å². The topological polar surface area (TPSA) is 55.6 Å². The maximum atomic E-state index is 12.8. The molecule has 0 spiro atoms. The van der Waals surface area contributed by atoms with Gasteiger partial charge in [0.05, 0.1) is 5.56 Å². The predicted octanol–water partition coefficient (Wildman–Crippen LogP) is 5.46. The quantitative estimate of drug-likeness (QED) is 0.581. The van der Waals surface area contributed by atoms with Crippen LogP contribution in [-0.2, 0) is 6.18 Å². The van der Waals surface area contributed by atoms with Crippen molar-refractivity contribution in [2.24, 2.45) is 5.73 Å². The first kappa shape index (κ1) is 21.6. The van der Waals surface area contributed by atoms with E-state index in [1.807, 2.05) is 13.0 Å². The molecule has 3 aromatic carbocycles. The second-order valence-corrected chi connectivity index (χ2v) is 7.16. The van der Waals surface area contributed by atoms with Crippen LogP contribution in [-0.4, -0.2) is 30.4 Å². The Balaban J connectivity index is 1.85. The van der Waals surface area contributed by atoms with Crippen LogP contribution in [0.1, 0.15) is 29.3 Å². The molecule has 0 radical (unpaired) electrons. The summed E-state index contributed by atoms with van der Waals surface area (Å²) >= 11 is 0. The lowest BCUT2D eigenvalue weighted by Gasteiger charge is -2.24. The monoisotopic (exact) mass is 416 g/mol. The zero-order valence-corrected chi connectivity index (χ0v) is 16.7. The molecule has 1 atom stereocenters. The average molecular weight is 416 g/mol. The van der Waals surface area contributed by atoms with Crippen molar-refractivity contribution in [1.29, 1.82) is 0 Å². The van der Waals surface area contributed by atoms with E-state index < -0.39 is 11.7 Å². The van der Waals surface area contributed by atoms with Gasteiger partial charge in [0.25, 0.3) is 5.91 Å². The Hall–Kier alpha value is -3.06. The van der Waals surface area contributed by atoms with Crippen molar-refractivity contribution < 1.29 is 22.7 Å². The molecule has 0 aromatic heterocycles. The third-order valence-corrected chi connectivity index (χ3v) is 5.06. The fraction of sp³-hybridized carbons (Fsp3) is 0.261. The summed E-state index contributed by atoms with van der Waals surface area (Å²) in [6, 6.07) is 15.2. The van der Waals surface area contributed by atoms with Gasteiger partial charge in [0.2, 0.25) is 0 Å². The SMILES string of the molecule is C[C@H](CCN)N(C)C(=O)c1ccc2c(Oc3ccc(C(F)(F)F)cc3)cccc2c1. The molecule has 1 amide bonds. The van der Waals surface area contributed by atoms with Crippen LogP contribution < -0.4 is 10.5 Å². The number of hydrogen-bond donors (Lipinski definition) is 1. The van der Waals surface area contributed by atoms with E-state index in [2.05, 4.69) is 0 Å². The summed E-state index contributed by atoms with van der Waals surface area (Å²) in [5, 5.41) is 1.55. The Bertz CT molecular complexity index is 1030. The molecule has 158 valence electrons. The molecule has 4 nitrogen and oxygen atoms in total. The van der Waals surface area contributed by atoms with E-state index in [9.17, 15) is 18.0 Å². The second kappa shape index (κ2) is 8.75. The largest absolute Gasteiger partial charge is 0.457 e. The average Bonchev–Trinajstić information content (AvgIpc) is 2.72. The highest BCUT2D eigenvalue weighted by Crippen LogP contribution is 2.34. The van der Waals surface area contributed by atoms with Gasteiger partial charge in [0.15, 0.2) is 0 Å². The van der Waals surface area contributed by atoms with E-state index in [4.69, 9.17) is 10.5 Å². The van der Waals surface area contributed by atoms with Gasteiger partial charge in [-0.1, -0.05) is 12.1 Å². The molecule has 3 aromatic rings. The van der Waals surface area contributed by atoms with Gasteiger partial charge in [-0.05, 0) is 73.8 Å². The number of carbonyl (C=O) groups is 1. The third-order valence-electron chi connectivity index (χ3n) is 5.06. The zero-order chi connectivity index (χ0) is 21.9. The lowest BCUT2D eigenvalue weighted by molar-refractivity contribution is -0.137. The minimum Gasteiger partial charge on any atom is -0.457 e. The van der Waals surface area contributed by atoms with Gasteiger partial charge in [-0.2, -0.15) is 13.2 Å².